The van der Waals surface area contributed by atoms with Gasteiger partial charge in [0.05, 0.1) is 11.3 Å². The van der Waals surface area contributed by atoms with E-state index in [-0.39, 0.29) is 11.3 Å². The lowest BCUT2D eigenvalue weighted by Crippen LogP contribution is -2.18. The van der Waals surface area contributed by atoms with Crippen molar-refractivity contribution in [1.82, 2.24) is 0 Å². The molecule has 0 saturated carbocycles. The van der Waals surface area contributed by atoms with Crippen molar-refractivity contribution in [3.05, 3.63) is 51.1 Å². The smallest absolute Gasteiger partial charge is 0.418 e. The van der Waals surface area contributed by atoms with Crippen LogP contribution >= 0.6 is 22.6 Å². The fourth-order valence-electron chi connectivity index (χ4n) is 2.24. The van der Waals surface area contributed by atoms with Gasteiger partial charge in [-0.25, -0.2) is 0 Å². The number of carbonyl (C=O) groups excluding carboxylic acids is 1. The van der Waals surface area contributed by atoms with Crippen molar-refractivity contribution in [2.24, 2.45) is 0 Å². The molecule has 0 aliphatic carbocycles. The molecule has 2 aromatic rings. The molecule has 2 aromatic carbocycles. The molecule has 3 rings (SSSR count). The van der Waals surface area contributed by atoms with Gasteiger partial charge in [-0.3, -0.25) is 4.79 Å². The summed E-state index contributed by atoms with van der Waals surface area (Å²) in [6.45, 7) is 0.767. The number of fused-ring (bicyclic) bond motifs is 1. The van der Waals surface area contributed by atoms with Gasteiger partial charge in [0.25, 0.3) is 5.91 Å². The molecule has 1 heterocycles. The minimum atomic E-state index is -4.56. The molecule has 0 saturated heterocycles. The number of rotatable bonds is 2. The summed E-state index contributed by atoms with van der Waals surface area (Å²) in [7, 11) is 0. The van der Waals surface area contributed by atoms with Crippen LogP contribution in [0, 0.1) is 3.57 Å². The highest BCUT2D eigenvalue weighted by molar-refractivity contribution is 14.1. The topological polar surface area (TPSA) is 47.6 Å². The molecule has 1 aliphatic heterocycles. The second kappa shape index (κ2) is 6.50. The van der Waals surface area contributed by atoms with Crippen LogP contribution in [0.5, 0.6) is 11.5 Å². The van der Waals surface area contributed by atoms with Gasteiger partial charge in [0.2, 0.25) is 0 Å². The molecule has 0 radical (unpaired) electrons. The summed E-state index contributed by atoms with van der Waals surface area (Å²) in [6.07, 6.45) is -4.56. The molecule has 0 bridgehead atoms. The summed E-state index contributed by atoms with van der Waals surface area (Å²) < 4.78 is 50.5. The maximum Gasteiger partial charge on any atom is 0.418 e. The molecule has 0 unspecified atom stereocenters. The van der Waals surface area contributed by atoms with Gasteiger partial charge in [0.15, 0.2) is 11.5 Å². The summed E-state index contributed by atoms with van der Waals surface area (Å²) in [5, 5.41) is 2.31. The van der Waals surface area contributed by atoms with Crippen molar-refractivity contribution in [1.29, 1.82) is 0 Å². The summed E-state index contributed by atoms with van der Waals surface area (Å²) in [5.41, 5.74) is -0.992. The third-order valence-corrected chi connectivity index (χ3v) is 4.01. The summed E-state index contributed by atoms with van der Waals surface area (Å²) >= 11 is 1.79. The Bertz CT molecular complexity index is 793. The number of halogens is 4. The Hall–Kier alpha value is -1.97. The third-order valence-electron chi connectivity index (χ3n) is 3.34. The predicted octanol–water partition coefficient (Wildman–Crippen LogP) is 4.33. The van der Waals surface area contributed by atoms with Gasteiger partial charge in [-0.1, -0.05) is 0 Å². The molecule has 0 aromatic heterocycles. The van der Waals surface area contributed by atoms with E-state index in [2.05, 4.69) is 5.32 Å². The quantitative estimate of drug-likeness (QED) is 0.695. The molecule has 0 atom stereocenters. The van der Waals surface area contributed by atoms with Crippen LogP contribution in [0.1, 0.15) is 15.9 Å². The Kier molecular flexibility index (Phi) is 4.57. The van der Waals surface area contributed by atoms with E-state index < -0.39 is 17.6 Å². The zero-order valence-corrected chi connectivity index (χ0v) is 14.3. The number of anilines is 1. The Morgan fingerprint density at radius 1 is 1.04 bits per heavy atom. The van der Waals surface area contributed by atoms with Crippen molar-refractivity contribution < 1.29 is 27.4 Å². The first kappa shape index (κ1) is 16.9. The number of benzene rings is 2. The molecule has 0 spiro atoms. The van der Waals surface area contributed by atoms with Crippen LogP contribution in [0.3, 0.4) is 0 Å². The molecule has 1 amide bonds. The van der Waals surface area contributed by atoms with Crippen molar-refractivity contribution in [3.8, 4) is 11.5 Å². The molecule has 0 fully saturated rings. The van der Waals surface area contributed by atoms with Crippen LogP contribution in [0.25, 0.3) is 0 Å². The Labute approximate surface area is 149 Å². The van der Waals surface area contributed by atoms with Gasteiger partial charge in [-0.2, -0.15) is 13.2 Å². The second-order valence-electron chi connectivity index (χ2n) is 5.00. The molecule has 1 N–H and O–H groups in total. The first-order chi connectivity index (χ1) is 11.3. The van der Waals surface area contributed by atoms with Gasteiger partial charge < -0.3 is 14.8 Å². The zero-order valence-electron chi connectivity index (χ0n) is 12.1. The van der Waals surface area contributed by atoms with E-state index in [1.54, 1.807) is 28.7 Å². The van der Waals surface area contributed by atoms with Crippen molar-refractivity contribution in [2.45, 2.75) is 6.18 Å². The third kappa shape index (κ3) is 3.58. The molecule has 24 heavy (non-hydrogen) atoms. The van der Waals surface area contributed by atoms with E-state index in [0.29, 0.717) is 28.3 Å². The molecular formula is C16H11F3INO3. The minimum absolute atomic E-state index is 0.186. The molecule has 8 heteroatoms. The van der Waals surface area contributed by atoms with Crippen molar-refractivity contribution >= 4 is 34.2 Å². The summed E-state index contributed by atoms with van der Waals surface area (Å²) in [6, 6.07) is 8.20. The lowest BCUT2D eigenvalue weighted by atomic mass is 10.1. The number of alkyl halides is 3. The van der Waals surface area contributed by atoms with E-state index in [4.69, 9.17) is 9.47 Å². The normalized spacial score (nSPS) is 13.5. The van der Waals surface area contributed by atoms with Crippen molar-refractivity contribution in [3.63, 3.8) is 0 Å². The monoisotopic (exact) mass is 449 g/mol. The van der Waals surface area contributed by atoms with E-state index >= 15 is 0 Å². The van der Waals surface area contributed by atoms with Gasteiger partial charge in [0.1, 0.15) is 13.2 Å². The van der Waals surface area contributed by atoms with Gasteiger partial charge in [-0.05, 0) is 59.0 Å². The number of hydrogen-bond acceptors (Lipinski definition) is 3. The number of amides is 1. The Balaban J connectivity index is 1.88. The van der Waals surface area contributed by atoms with Crippen LogP contribution < -0.4 is 14.8 Å². The molecule has 126 valence electrons. The highest BCUT2D eigenvalue weighted by atomic mass is 127. The largest absolute Gasteiger partial charge is 0.486 e. The fraction of sp³-hybridized carbons (Fsp3) is 0.188. The van der Waals surface area contributed by atoms with E-state index in [1.807, 2.05) is 0 Å². The van der Waals surface area contributed by atoms with E-state index in [0.717, 1.165) is 6.07 Å². The fourth-order valence-corrected chi connectivity index (χ4v) is 2.73. The van der Waals surface area contributed by atoms with Gasteiger partial charge in [-0.15, -0.1) is 0 Å². The second-order valence-corrected chi connectivity index (χ2v) is 6.25. The van der Waals surface area contributed by atoms with E-state index in [9.17, 15) is 18.0 Å². The summed E-state index contributed by atoms with van der Waals surface area (Å²) in [4.78, 5) is 12.3. The SMILES string of the molecule is O=C(Nc1ccc(I)cc1C(F)(F)F)c1ccc2c(c1)OCCO2. The van der Waals surface area contributed by atoms with Crippen LogP contribution in [0.2, 0.25) is 0 Å². The molecular weight excluding hydrogens is 438 g/mol. The predicted molar refractivity (Wildman–Crippen MR) is 89.5 cm³/mol. The maximum absolute atomic E-state index is 13.1. The minimum Gasteiger partial charge on any atom is -0.486 e. The van der Waals surface area contributed by atoms with E-state index in [1.165, 1.54) is 24.3 Å². The number of carbonyl (C=O) groups is 1. The first-order valence-electron chi connectivity index (χ1n) is 6.92. The number of ether oxygens (including phenoxy) is 2. The average Bonchev–Trinajstić information content (AvgIpc) is 2.55. The lowest BCUT2D eigenvalue weighted by molar-refractivity contribution is -0.137. The number of hydrogen-bond donors (Lipinski definition) is 1. The van der Waals surface area contributed by atoms with Crippen LogP contribution in [-0.4, -0.2) is 19.1 Å². The van der Waals surface area contributed by atoms with Crippen molar-refractivity contribution in [2.75, 3.05) is 18.5 Å². The lowest BCUT2D eigenvalue weighted by Gasteiger charge is -2.19. The summed E-state index contributed by atoms with van der Waals surface area (Å²) in [5.74, 6) is 0.245. The van der Waals surface area contributed by atoms with Gasteiger partial charge in [0, 0.05) is 9.13 Å². The number of nitrogens with one attached hydrogen (secondary N) is 1. The maximum atomic E-state index is 13.1. The molecule has 4 nitrogen and oxygen atoms in total. The van der Waals surface area contributed by atoms with Crippen LogP contribution in [-0.2, 0) is 6.18 Å². The molecule has 1 aliphatic rings. The Morgan fingerprint density at radius 2 is 1.75 bits per heavy atom. The van der Waals surface area contributed by atoms with Crippen LogP contribution in [0.15, 0.2) is 36.4 Å². The van der Waals surface area contributed by atoms with Gasteiger partial charge >= 0.3 is 6.18 Å². The highest BCUT2D eigenvalue weighted by Gasteiger charge is 2.34. The Morgan fingerprint density at radius 3 is 2.46 bits per heavy atom. The first-order valence-corrected chi connectivity index (χ1v) is 8.00. The van der Waals surface area contributed by atoms with Crippen LogP contribution in [0.4, 0.5) is 18.9 Å². The highest BCUT2D eigenvalue weighted by Crippen LogP contribution is 2.36. The standard InChI is InChI=1S/C16H11F3INO3/c17-16(18,19)11-8-10(20)2-3-12(11)21-15(22)9-1-4-13-14(7-9)24-6-5-23-13/h1-4,7-8H,5-6H2,(H,21,22). The zero-order chi connectivity index (χ0) is 17.3. The average molecular weight is 449 g/mol.